The highest BCUT2D eigenvalue weighted by Crippen LogP contribution is 2.24. The molecule has 9 heteroatoms. The SMILES string of the molecule is Cc1ccc(S(=O)(=O)OC(C)N(C[C@H](O)C(C)C)S(=O)(=O)c2ccc(C)cc2)cc1. The molecule has 2 aromatic carbocycles. The Kier molecular flexibility index (Phi) is 7.81. The van der Waals surface area contributed by atoms with Crippen LogP contribution < -0.4 is 0 Å². The van der Waals surface area contributed by atoms with E-state index < -0.39 is 32.5 Å². The molecule has 0 saturated carbocycles. The van der Waals surface area contributed by atoms with Gasteiger partial charge in [-0.05, 0) is 51.0 Å². The Labute approximate surface area is 179 Å². The molecule has 0 aromatic heterocycles. The van der Waals surface area contributed by atoms with Gasteiger partial charge in [-0.25, -0.2) is 12.6 Å². The smallest absolute Gasteiger partial charge is 0.298 e. The van der Waals surface area contributed by atoms with Crippen molar-refractivity contribution < 1.29 is 26.1 Å². The maximum absolute atomic E-state index is 13.3. The molecule has 1 unspecified atom stereocenters. The molecule has 166 valence electrons. The number of benzene rings is 2. The van der Waals surface area contributed by atoms with Crippen molar-refractivity contribution in [3.8, 4) is 0 Å². The molecule has 0 aliphatic rings. The van der Waals surface area contributed by atoms with Gasteiger partial charge in [-0.1, -0.05) is 49.2 Å². The summed E-state index contributed by atoms with van der Waals surface area (Å²) in [4.78, 5) is -0.0794. The van der Waals surface area contributed by atoms with E-state index in [0.717, 1.165) is 15.4 Å². The molecule has 0 amide bonds. The highest BCUT2D eigenvalue weighted by Gasteiger charge is 2.35. The summed E-state index contributed by atoms with van der Waals surface area (Å²) in [6, 6.07) is 12.3. The predicted octanol–water partition coefficient (Wildman–Crippen LogP) is 3.06. The van der Waals surface area contributed by atoms with Crippen LogP contribution in [0.2, 0.25) is 0 Å². The first-order valence-corrected chi connectivity index (χ1v) is 12.5. The zero-order valence-electron chi connectivity index (χ0n) is 17.8. The topological polar surface area (TPSA) is 101 Å². The third-order valence-electron chi connectivity index (χ3n) is 4.75. The highest BCUT2D eigenvalue weighted by atomic mass is 32.2. The molecule has 0 fully saturated rings. The van der Waals surface area contributed by atoms with Gasteiger partial charge in [0, 0.05) is 6.54 Å². The molecule has 0 aliphatic heterocycles. The van der Waals surface area contributed by atoms with Crippen LogP contribution in [-0.4, -0.2) is 45.1 Å². The van der Waals surface area contributed by atoms with Gasteiger partial charge in [0.15, 0.2) is 0 Å². The number of nitrogens with zero attached hydrogens (tertiary/aromatic N) is 1. The molecule has 0 radical (unpaired) electrons. The van der Waals surface area contributed by atoms with Gasteiger partial charge in [-0.2, -0.15) is 12.7 Å². The number of aryl methyl sites for hydroxylation is 2. The van der Waals surface area contributed by atoms with E-state index in [1.165, 1.54) is 31.2 Å². The second-order valence-electron chi connectivity index (χ2n) is 7.66. The number of aliphatic hydroxyl groups excluding tert-OH is 1. The standard InChI is InChI=1S/C21H29NO6S2/c1-15(2)21(23)14-22(29(24,25)19-10-6-16(3)7-11-19)18(5)28-30(26,27)20-12-8-17(4)9-13-20/h6-13,15,18,21,23H,14H2,1-5H3/t18?,21-/m0/s1. The highest BCUT2D eigenvalue weighted by molar-refractivity contribution is 7.89. The van der Waals surface area contributed by atoms with Crippen molar-refractivity contribution in [2.45, 2.75) is 56.7 Å². The molecule has 2 rings (SSSR count). The second-order valence-corrected chi connectivity index (χ2v) is 11.1. The van der Waals surface area contributed by atoms with Crippen molar-refractivity contribution in [2.75, 3.05) is 6.54 Å². The summed E-state index contributed by atoms with van der Waals surface area (Å²) in [6.45, 7) is 8.18. The average Bonchev–Trinajstić information content (AvgIpc) is 2.65. The quantitative estimate of drug-likeness (QED) is 0.461. The fourth-order valence-electron chi connectivity index (χ4n) is 2.67. The van der Waals surface area contributed by atoms with Crippen LogP contribution in [0.1, 0.15) is 31.9 Å². The average molecular weight is 456 g/mol. The molecule has 7 nitrogen and oxygen atoms in total. The zero-order chi connectivity index (χ0) is 22.7. The summed E-state index contributed by atoms with van der Waals surface area (Å²) < 4.78 is 58.0. The Balaban J connectivity index is 2.40. The maximum atomic E-state index is 13.3. The van der Waals surface area contributed by atoms with E-state index in [0.29, 0.717) is 0 Å². The zero-order valence-corrected chi connectivity index (χ0v) is 19.4. The fourth-order valence-corrected chi connectivity index (χ4v) is 5.31. The summed E-state index contributed by atoms with van der Waals surface area (Å²) in [5, 5.41) is 10.3. The lowest BCUT2D eigenvalue weighted by Crippen LogP contribution is -2.46. The molecular formula is C21H29NO6S2. The summed E-state index contributed by atoms with van der Waals surface area (Å²) >= 11 is 0. The van der Waals surface area contributed by atoms with E-state index in [-0.39, 0.29) is 22.3 Å². The third kappa shape index (κ3) is 5.89. The Bertz CT molecular complexity index is 1050. The monoisotopic (exact) mass is 455 g/mol. The van der Waals surface area contributed by atoms with Gasteiger partial charge in [-0.3, -0.25) is 0 Å². The van der Waals surface area contributed by atoms with Crippen molar-refractivity contribution in [2.24, 2.45) is 5.92 Å². The summed E-state index contributed by atoms with van der Waals surface area (Å²) in [5.74, 6) is -0.235. The van der Waals surface area contributed by atoms with Crippen LogP contribution in [0.3, 0.4) is 0 Å². The fraction of sp³-hybridized carbons (Fsp3) is 0.429. The first-order chi connectivity index (χ1) is 13.8. The van der Waals surface area contributed by atoms with Gasteiger partial charge in [0.05, 0.1) is 15.9 Å². The molecule has 0 heterocycles. The Morgan fingerprint density at radius 3 is 1.70 bits per heavy atom. The number of sulfonamides is 1. The van der Waals surface area contributed by atoms with Crippen LogP contribution in [0.5, 0.6) is 0 Å². The van der Waals surface area contributed by atoms with E-state index in [2.05, 4.69) is 0 Å². The van der Waals surface area contributed by atoms with Crippen LogP contribution in [0.25, 0.3) is 0 Å². The van der Waals surface area contributed by atoms with Crippen LogP contribution in [0.4, 0.5) is 0 Å². The molecule has 1 N–H and O–H groups in total. The Morgan fingerprint density at radius 2 is 1.27 bits per heavy atom. The summed E-state index contributed by atoms with van der Waals surface area (Å²) in [5.41, 5.74) is 1.76. The van der Waals surface area contributed by atoms with Gasteiger partial charge in [0.25, 0.3) is 10.1 Å². The second kappa shape index (κ2) is 9.57. The lowest BCUT2D eigenvalue weighted by Gasteiger charge is -2.30. The van der Waals surface area contributed by atoms with Crippen molar-refractivity contribution in [1.29, 1.82) is 0 Å². The minimum Gasteiger partial charge on any atom is -0.391 e. The molecule has 0 aliphatic carbocycles. The first kappa shape index (κ1) is 24.5. The molecule has 30 heavy (non-hydrogen) atoms. The number of hydrogen-bond donors (Lipinski definition) is 1. The number of hydrogen-bond acceptors (Lipinski definition) is 6. The van der Waals surface area contributed by atoms with Gasteiger partial charge in [0.1, 0.15) is 6.23 Å². The minimum atomic E-state index is -4.21. The Morgan fingerprint density at radius 1 is 0.833 bits per heavy atom. The molecule has 0 spiro atoms. The van der Waals surface area contributed by atoms with Crippen molar-refractivity contribution in [1.82, 2.24) is 4.31 Å². The van der Waals surface area contributed by atoms with E-state index >= 15 is 0 Å². The molecule has 0 bridgehead atoms. The van der Waals surface area contributed by atoms with Crippen LogP contribution in [0.15, 0.2) is 58.3 Å². The van der Waals surface area contributed by atoms with Crippen molar-refractivity contribution in [3.05, 3.63) is 59.7 Å². The Hall–Kier alpha value is -1.78. The maximum Gasteiger partial charge on any atom is 0.298 e. The number of aliphatic hydroxyl groups is 1. The van der Waals surface area contributed by atoms with Gasteiger partial charge in [0.2, 0.25) is 10.0 Å². The van der Waals surface area contributed by atoms with Gasteiger partial charge in [-0.15, -0.1) is 0 Å². The molecule has 2 aromatic rings. The van der Waals surface area contributed by atoms with E-state index in [9.17, 15) is 21.9 Å². The molecule has 2 atom stereocenters. The van der Waals surface area contributed by atoms with Gasteiger partial charge >= 0.3 is 0 Å². The van der Waals surface area contributed by atoms with Crippen molar-refractivity contribution in [3.63, 3.8) is 0 Å². The van der Waals surface area contributed by atoms with E-state index in [4.69, 9.17) is 4.18 Å². The van der Waals surface area contributed by atoms with Crippen LogP contribution in [-0.2, 0) is 24.3 Å². The summed E-state index contributed by atoms with van der Waals surface area (Å²) in [7, 11) is -8.34. The normalized spacial score (nSPS) is 14.8. The van der Waals surface area contributed by atoms with Gasteiger partial charge < -0.3 is 5.11 Å². The lowest BCUT2D eigenvalue weighted by atomic mass is 10.1. The minimum absolute atomic E-state index is 0.00719. The van der Waals surface area contributed by atoms with Crippen LogP contribution in [0, 0.1) is 19.8 Å². The number of rotatable bonds is 9. The largest absolute Gasteiger partial charge is 0.391 e. The predicted molar refractivity (Wildman–Crippen MR) is 115 cm³/mol. The summed E-state index contributed by atoms with van der Waals surface area (Å²) in [6.07, 6.45) is -2.37. The lowest BCUT2D eigenvalue weighted by molar-refractivity contribution is 0.0463. The molecular weight excluding hydrogens is 426 g/mol. The van der Waals surface area contributed by atoms with Crippen molar-refractivity contribution >= 4 is 20.1 Å². The van der Waals surface area contributed by atoms with E-state index in [1.54, 1.807) is 38.1 Å². The first-order valence-electron chi connectivity index (χ1n) is 9.61. The molecule has 0 saturated heterocycles. The van der Waals surface area contributed by atoms with Crippen LogP contribution >= 0.6 is 0 Å². The third-order valence-corrected chi connectivity index (χ3v) is 8.06. The van der Waals surface area contributed by atoms with E-state index in [1.807, 2.05) is 13.8 Å².